The predicted octanol–water partition coefficient (Wildman–Crippen LogP) is 6.91. The first-order valence-corrected chi connectivity index (χ1v) is 12.2. The summed E-state index contributed by atoms with van der Waals surface area (Å²) in [6, 6.07) is 15.6. The quantitative estimate of drug-likeness (QED) is 0.441. The van der Waals surface area contributed by atoms with Gasteiger partial charge in [-0.3, -0.25) is 4.57 Å². The SMILES string of the molecule is C1=C[C@@H]2C3=C(CCCC=C3)N(c3cccc(-n4c5c(c6ccccc64)CCC=C5)n3)[C@@H]2C=C1. The van der Waals surface area contributed by atoms with Crippen LogP contribution in [0.15, 0.2) is 96.3 Å². The Labute approximate surface area is 194 Å². The largest absolute Gasteiger partial charge is 0.322 e. The number of pyridine rings is 1. The highest BCUT2D eigenvalue weighted by molar-refractivity contribution is 5.90. The Bertz CT molecular complexity index is 1410. The van der Waals surface area contributed by atoms with Gasteiger partial charge in [0, 0.05) is 17.0 Å². The fourth-order valence-electron chi connectivity index (χ4n) is 6.11. The fourth-order valence-corrected chi connectivity index (χ4v) is 6.11. The highest BCUT2D eigenvalue weighted by Crippen LogP contribution is 2.44. The molecule has 3 nitrogen and oxygen atoms in total. The molecule has 162 valence electrons. The van der Waals surface area contributed by atoms with Gasteiger partial charge in [-0.1, -0.05) is 66.8 Å². The third kappa shape index (κ3) is 2.85. The number of benzene rings is 1. The molecule has 0 bridgehead atoms. The standard InChI is InChI=1S/C30H27N3/c1-2-11-21-22-12-4-7-16-26(22)32(25(21)15-3-1)29-19-10-20-30(31-29)33-27-17-8-5-13-23(27)24-14-6-9-18-28(24)33/h2,4-5,7-13,16-20,22,26H,1,3,6,14-15H2/t22-,26-/m1/s1. The Hall–Kier alpha value is -3.59. The molecule has 0 radical (unpaired) electrons. The lowest BCUT2D eigenvalue weighted by Gasteiger charge is -2.30. The molecule has 3 aromatic rings. The lowest BCUT2D eigenvalue weighted by molar-refractivity contribution is 0.665. The van der Waals surface area contributed by atoms with Crippen LogP contribution < -0.4 is 4.90 Å². The number of aryl methyl sites for hydroxylation is 1. The van der Waals surface area contributed by atoms with Crippen molar-refractivity contribution in [1.29, 1.82) is 0 Å². The van der Waals surface area contributed by atoms with Gasteiger partial charge in [0.2, 0.25) is 0 Å². The maximum absolute atomic E-state index is 5.31. The summed E-state index contributed by atoms with van der Waals surface area (Å²) in [5.74, 6) is 2.46. The lowest BCUT2D eigenvalue weighted by Crippen LogP contribution is -2.33. The van der Waals surface area contributed by atoms with E-state index in [1.807, 2.05) is 0 Å². The van der Waals surface area contributed by atoms with Crippen LogP contribution in [0.2, 0.25) is 0 Å². The van der Waals surface area contributed by atoms with Crippen LogP contribution in [0.4, 0.5) is 5.82 Å². The van der Waals surface area contributed by atoms with Gasteiger partial charge in [0.15, 0.2) is 0 Å². The van der Waals surface area contributed by atoms with Crippen molar-refractivity contribution in [2.24, 2.45) is 5.92 Å². The van der Waals surface area contributed by atoms with Gasteiger partial charge < -0.3 is 4.90 Å². The molecule has 0 saturated carbocycles. The monoisotopic (exact) mass is 429 g/mol. The first-order valence-electron chi connectivity index (χ1n) is 12.2. The van der Waals surface area contributed by atoms with Crippen LogP contribution in [0.5, 0.6) is 0 Å². The van der Waals surface area contributed by atoms with Crippen molar-refractivity contribution >= 4 is 22.8 Å². The lowest BCUT2D eigenvalue weighted by atomic mass is 9.90. The number of allylic oxidation sites excluding steroid dienone is 6. The average Bonchev–Trinajstić information content (AvgIpc) is 3.25. The number of rotatable bonds is 2. The van der Waals surface area contributed by atoms with Gasteiger partial charge >= 0.3 is 0 Å². The normalized spacial score (nSPS) is 23.1. The van der Waals surface area contributed by atoms with Crippen LogP contribution in [0.3, 0.4) is 0 Å². The predicted molar refractivity (Wildman–Crippen MR) is 136 cm³/mol. The van der Waals surface area contributed by atoms with E-state index in [-0.39, 0.29) is 0 Å². The minimum absolute atomic E-state index is 0.306. The van der Waals surface area contributed by atoms with Crippen molar-refractivity contribution in [1.82, 2.24) is 9.55 Å². The zero-order valence-electron chi connectivity index (χ0n) is 18.7. The van der Waals surface area contributed by atoms with Gasteiger partial charge in [0.25, 0.3) is 0 Å². The maximum atomic E-state index is 5.31. The average molecular weight is 430 g/mol. The van der Waals surface area contributed by atoms with E-state index >= 15 is 0 Å². The van der Waals surface area contributed by atoms with Crippen molar-refractivity contribution in [3.63, 3.8) is 0 Å². The molecule has 1 aromatic carbocycles. The summed E-state index contributed by atoms with van der Waals surface area (Å²) in [5, 5.41) is 1.35. The Morgan fingerprint density at radius 1 is 0.818 bits per heavy atom. The summed E-state index contributed by atoms with van der Waals surface area (Å²) in [5.41, 5.74) is 6.89. The fraction of sp³-hybridized carbons (Fsp3) is 0.233. The van der Waals surface area contributed by atoms with E-state index in [1.165, 1.54) is 39.9 Å². The molecule has 1 aliphatic heterocycles. The number of nitrogens with zero attached hydrogens (tertiary/aromatic N) is 3. The molecule has 2 atom stereocenters. The second-order valence-electron chi connectivity index (χ2n) is 9.36. The smallest absolute Gasteiger partial charge is 0.140 e. The van der Waals surface area contributed by atoms with E-state index in [0.717, 1.165) is 37.3 Å². The Morgan fingerprint density at radius 3 is 2.70 bits per heavy atom. The first kappa shape index (κ1) is 18.9. The van der Waals surface area contributed by atoms with Crippen molar-refractivity contribution in [3.05, 3.63) is 108 Å². The zero-order valence-corrected chi connectivity index (χ0v) is 18.7. The van der Waals surface area contributed by atoms with E-state index in [2.05, 4.69) is 101 Å². The number of hydrogen-bond donors (Lipinski definition) is 0. The molecular weight excluding hydrogens is 402 g/mol. The summed E-state index contributed by atoms with van der Waals surface area (Å²) in [7, 11) is 0. The van der Waals surface area contributed by atoms with E-state index in [9.17, 15) is 0 Å². The van der Waals surface area contributed by atoms with Crippen molar-refractivity contribution in [3.8, 4) is 5.82 Å². The topological polar surface area (TPSA) is 21.1 Å². The molecule has 0 N–H and O–H groups in total. The van der Waals surface area contributed by atoms with Gasteiger partial charge in [-0.2, -0.15) is 0 Å². The molecule has 3 aliphatic carbocycles. The molecular formula is C30H27N3. The summed E-state index contributed by atoms with van der Waals surface area (Å²) in [6.45, 7) is 0. The summed E-state index contributed by atoms with van der Waals surface area (Å²) in [6.07, 6.45) is 24.0. The van der Waals surface area contributed by atoms with Gasteiger partial charge in [0.05, 0.1) is 17.3 Å². The summed E-state index contributed by atoms with van der Waals surface area (Å²) < 4.78 is 2.36. The van der Waals surface area contributed by atoms with E-state index in [4.69, 9.17) is 4.98 Å². The highest BCUT2D eigenvalue weighted by atomic mass is 15.3. The molecule has 0 fully saturated rings. The second-order valence-corrected chi connectivity index (χ2v) is 9.36. The maximum Gasteiger partial charge on any atom is 0.140 e. The molecule has 7 rings (SSSR count). The minimum atomic E-state index is 0.306. The van der Waals surface area contributed by atoms with Gasteiger partial charge in [0.1, 0.15) is 11.6 Å². The molecule has 33 heavy (non-hydrogen) atoms. The van der Waals surface area contributed by atoms with Crippen molar-refractivity contribution in [2.75, 3.05) is 4.90 Å². The van der Waals surface area contributed by atoms with Gasteiger partial charge in [-0.05, 0) is 67.5 Å². The van der Waals surface area contributed by atoms with Gasteiger partial charge in [-0.15, -0.1) is 0 Å². The van der Waals surface area contributed by atoms with Crippen molar-refractivity contribution < 1.29 is 0 Å². The van der Waals surface area contributed by atoms with Crippen LogP contribution in [0, 0.1) is 5.92 Å². The molecule has 2 aromatic heterocycles. The Kier molecular flexibility index (Phi) is 4.29. The van der Waals surface area contributed by atoms with Crippen LogP contribution in [-0.2, 0) is 6.42 Å². The van der Waals surface area contributed by atoms with Crippen LogP contribution in [0.1, 0.15) is 36.9 Å². The summed E-state index contributed by atoms with van der Waals surface area (Å²) >= 11 is 0. The first-order chi connectivity index (χ1) is 16.4. The molecule has 3 heterocycles. The van der Waals surface area contributed by atoms with Crippen molar-refractivity contribution in [2.45, 2.75) is 38.1 Å². The number of hydrogen-bond acceptors (Lipinski definition) is 2. The van der Waals surface area contributed by atoms with E-state index in [1.54, 1.807) is 0 Å². The highest BCUT2D eigenvalue weighted by Gasteiger charge is 2.39. The molecule has 0 spiro atoms. The molecule has 0 amide bonds. The third-order valence-electron chi connectivity index (χ3n) is 7.52. The molecule has 3 heteroatoms. The zero-order chi connectivity index (χ0) is 21.8. The van der Waals surface area contributed by atoms with Crippen LogP contribution in [-0.4, -0.2) is 15.6 Å². The van der Waals surface area contributed by atoms with E-state index < -0.39 is 0 Å². The molecule has 4 aliphatic rings. The minimum Gasteiger partial charge on any atom is -0.322 e. The molecule has 0 unspecified atom stereocenters. The summed E-state index contributed by atoms with van der Waals surface area (Å²) in [4.78, 5) is 7.81. The van der Waals surface area contributed by atoms with Crippen LogP contribution in [0.25, 0.3) is 22.8 Å². The molecule has 0 saturated heterocycles. The number of anilines is 1. The Balaban J connectivity index is 1.40. The number of para-hydroxylation sites is 1. The second kappa shape index (κ2) is 7.48. The third-order valence-corrected chi connectivity index (χ3v) is 7.52. The van der Waals surface area contributed by atoms with E-state index in [0.29, 0.717) is 12.0 Å². The van der Waals surface area contributed by atoms with Crippen LogP contribution >= 0.6 is 0 Å². The van der Waals surface area contributed by atoms with Gasteiger partial charge in [-0.25, -0.2) is 4.98 Å². The number of aromatic nitrogens is 2. The Morgan fingerprint density at radius 2 is 1.70 bits per heavy atom. The number of fused-ring (bicyclic) bond motifs is 5.